The summed E-state index contributed by atoms with van der Waals surface area (Å²) in [4.78, 5) is 30.8. The van der Waals surface area contributed by atoms with Gasteiger partial charge in [0.05, 0.1) is 35.4 Å². The summed E-state index contributed by atoms with van der Waals surface area (Å²) in [5.74, 6) is 0.117. The SMILES string of the molecule is C1CCCCC1.CNc1cnc(-c2cc3ccn(C)c(=O)c3cc2F)cn1.Nc1cn[nH]c(=O)c1C(F)(F)F. The van der Waals surface area contributed by atoms with Gasteiger partial charge in [0.15, 0.2) is 0 Å². The zero-order valence-corrected chi connectivity index (χ0v) is 21.5. The number of nitrogen functional groups attached to an aromatic ring is 1. The summed E-state index contributed by atoms with van der Waals surface area (Å²) in [6.45, 7) is 0. The van der Waals surface area contributed by atoms with Crippen molar-refractivity contribution in [3.63, 3.8) is 0 Å². The van der Waals surface area contributed by atoms with Gasteiger partial charge >= 0.3 is 6.18 Å². The van der Waals surface area contributed by atoms with Gasteiger partial charge in [-0.1, -0.05) is 38.5 Å². The number of alkyl halides is 3. The van der Waals surface area contributed by atoms with E-state index in [4.69, 9.17) is 5.73 Å². The van der Waals surface area contributed by atoms with E-state index in [1.54, 1.807) is 37.5 Å². The molecule has 0 amide bonds. The first-order chi connectivity index (χ1) is 18.5. The molecule has 1 aliphatic rings. The molecular formula is C26H29F4N7O2. The number of aromatic nitrogens is 5. The van der Waals surface area contributed by atoms with E-state index in [0.29, 0.717) is 27.8 Å². The van der Waals surface area contributed by atoms with Crippen LogP contribution in [0.15, 0.2) is 52.6 Å². The molecule has 3 aromatic heterocycles. The van der Waals surface area contributed by atoms with Crippen LogP contribution in [-0.4, -0.2) is 31.8 Å². The van der Waals surface area contributed by atoms with E-state index in [0.717, 1.165) is 6.20 Å². The van der Waals surface area contributed by atoms with Crippen LogP contribution in [0.4, 0.5) is 29.1 Å². The third kappa shape index (κ3) is 7.62. The Kier molecular flexibility index (Phi) is 9.74. The number of hydrogen-bond acceptors (Lipinski definition) is 7. The van der Waals surface area contributed by atoms with E-state index < -0.39 is 28.8 Å². The highest BCUT2D eigenvalue weighted by molar-refractivity contribution is 5.86. The molecule has 1 aliphatic carbocycles. The average molecular weight is 548 g/mol. The molecule has 9 nitrogen and oxygen atoms in total. The smallest absolute Gasteiger partial charge is 0.397 e. The highest BCUT2D eigenvalue weighted by Gasteiger charge is 2.36. The monoisotopic (exact) mass is 547 g/mol. The van der Waals surface area contributed by atoms with Gasteiger partial charge in [-0.15, -0.1) is 0 Å². The molecular weight excluding hydrogens is 518 g/mol. The van der Waals surface area contributed by atoms with Crippen LogP contribution in [0, 0.1) is 5.82 Å². The molecule has 1 fully saturated rings. The predicted octanol–water partition coefficient (Wildman–Crippen LogP) is 4.89. The Balaban J connectivity index is 0.000000195. The summed E-state index contributed by atoms with van der Waals surface area (Å²) in [5, 5.41) is 8.61. The number of H-pyrrole nitrogens is 1. The number of nitrogens with one attached hydrogen (secondary N) is 2. The molecule has 5 rings (SSSR count). The third-order valence-corrected chi connectivity index (χ3v) is 6.02. The first kappa shape index (κ1) is 29.3. The maximum absolute atomic E-state index is 14.3. The van der Waals surface area contributed by atoms with Crippen molar-refractivity contribution in [2.45, 2.75) is 44.7 Å². The zero-order valence-electron chi connectivity index (χ0n) is 21.5. The molecule has 0 aliphatic heterocycles. The molecule has 0 spiro atoms. The Hall–Kier alpha value is -4.29. The molecule has 13 heteroatoms. The van der Waals surface area contributed by atoms with Crippen LogP contribution < -0.4 is 22.2 Å². The summed E-state index contributed by atoms with van der Waals surface area (Å²) in [5.41, 5.74) is 2.02. The van der Waals surface area contributed by atoms with Crippen LogP contribution in [0.5, 0.6) is 0 Å². The molecule has 0 unspecified atom stereocenters. The molecule has 0 atom stereocenters. The van der Waals surface area contributed by atoms with E-state index in [1.807, 2.05) is 0 Å². The van der Waals surface area contributed by atoms with Gasteiger partial charge < -0.3 is 15.6 Å². The van der Waals surface area contributed by atoms with Crippen LogP contribution in [0.3, 0.4) is 0 Å². The lowest BCUT2D eigenvalue weighted by Gasteiger charge is -2.07. The van der Waals surface area contributed by atoms with Crippen molar-refractivity contribution in [3.8, 4) is 11.3 Å². The molecule has 0 bridgehead atoms. The van der Waals surface area contributed by atoms with Crippen molar-refractivity contribution in [1.29, 1.82) is 0 Å². The number of aryl methyl sites for hydroxylation is 1. The minimum absolute atomic E-state index is 0.227. The molecule has 1 saturated carbocycles. The van der Waals surface area contributed by atoms with Crippen molar-refractivity contribution in [3.05, 3.63) is 75.1 Å². The number of anilines is 2. The van der Waals surface area contributed by atoms with Crippen LogP contribution in [0.1, 0.15) is 44.1 Å². The molecule has 39 heavy (non-hydrogen) atoms. The second-order valence-corrected chi connectivity index (χ2v) is 8.84. The van der Waals surface area contributed by atoms with Crippen molar-refractivity contribution in [1.82, 2.24) is 24.7 Å². The van der Waals surface area contributed by atoms with Gasteiger partial charge in [0.1, 0.15) is 17.2 Å². The number of benzene rings is 1. The molecule has 208 valence electrons. The van der Waals surface area contributed by atoms with Crippen molar-refractivity contribution < 1.29 is 17.6 Å². The van der Waals surface area contributed by atoms with E-state index in [2.05, 4.69) is 20.4 Å². The van der Waals surface area contributed by atoms with Gasteiger partial charge in [-0.05, 0) is 23.6 Å². The predicted molar refractivity (Wildman–Crippen MR) is 142 cm³/mol. The molecule has 4 N–H and O–H groups in total. The van der Waals surface area contributed by atoms with E-state index in [-0.39, 0.29) is 5.56 Å². The lowest BCUT2D eigenvalue weighted by atomic mass is 10.0. The topological polar surface area (TPSA) is 132 Å². The van der Waals surface area contributed by atoms with Crippen LogP contribution in [0.2, 0.25) is 0 Å². The van der Waals surface area contributed by atoms with Gasteiger partial charge in [-0.25, -0.2) is 14.5 Å². The quantitative estimate of drug-likeness (QED) is 0.305. The summed E-state index contributed by atoms with van der Waals surface area (Å²) in [6, 6.07) is 4.64. The Labute approximate surface area is 221 Å². The minimum atomic E-state index is -4.74. The molecule has 1 aromatic carbocycles. The van der Waals surface area contributed by atoms with E-state index >= 15 is 0 Å². The molecule has 0 radical (unpaired) electrons. The highest BCUT2D eigenvalue weighted by Crippen LogP contribution is 2.29. The number of hydrogen-bond donors (Lipinski definition) is 3. The minimum Gasteiger partial charge on any atom is -0.397 e. The second-order valence-electron chi connectivity index (χ2n) is 8.84. The third-order valence-electron chi connectivity index (χ3n) is 6.02. The van der Waals surface area contributed by atoms with Crippen molar-refractivity contribution in [2.75, 3.05) is 18.1 Å². The Morgan fingerprint density at radius 1 is 1.00 bits per heavy atom. The number of rotatable bonds is 2. The van der Waals surface area contributed by atoms with E-state index in [9.17, 15) is 27.2 Å². The standard InChI is InChI=1S/C15H13FN4O.C6H12.C5H4F3N3O/c1-17-14-8-18-13(7-19-14)11-5-9-3-4-20(2)15(21)10(9)6-12(11)16;1-2-4-6-5-3-1;6-5(7,8)3-2(9)1-10-11-4(3)12/h3-8H,1-2H3,(H,17,19);1-6H2;1H,(H3,9,11,12). The lowest BCUT2D eigenvalue weighted by Crippen LogP contribution is -2.24. The fraction of sp³-hybridized carbons (Fsp3) is 0.346. The second kappa shape index (κ2) is 13.0. The van der Waals surface area contributed by atoms with Crippen LogP contribution in [-0.2, 0) is 13.2 Å². The molecule has 0 saturated heterocycles. The Morgan fingerprint density at radius 2 is 1.64 bits per heavy atom. The highest BCUT2D eigenvalue weighted by atomic mass is 19.4. The Bertz CT molecular complexity index is 1500. The van der Waals surface area contributed by atoms with Gasteiger partial charge in [0.25, 0.3) is 11.1 Å². The van der Waals surface area contributed by atoms with Crippen molar-refractivity contribution in [2.24, 2.45) is 7.05 Å². The largest absolute Gasteiger partial charge is 0.423 e. The number of fused-ring (bicyclic) bond motifs is 1. The lowest BCUT2D eigenvalue weighted by molar-refractivity contribution is -0.138. The van der Waals surface area contributed by atoms with Gasteiger partial charge in [0.2, 0.25) is 0 Å². The number of nitrogens with two attached hydrogens (primary N) is 1. The summed E-state index contributed by atoms with van der Waals surface area (Å²) in [7, 11) is 3.37. The molecule has 4 aromatic rings. The number of halogens is 4. The van der Waals surface area contributed by atoms with Gasteiger partial charge in [-0.2, -0.15) is 18.3 Å². The van der Waals surface area contributed by atoms with Gasteiger partial charge in [0, 0.05) is 25.9 Å². The summed E-state index contributed by atoms with van der Waals surface area (Å²) >= 11 is 0. The summed E-state index contributed by atoms with van der Waals surface area (Å²) in [6.07, 6.45) is 9.69. The average Bonchev–Trinajstić information content (AvgIpc) is 2.92. The summed E-state index contributed by atoms with van der Waals surface area (Å²) < 4.78 is 51.6. The fourth-order valence-corrected chi connectivity index (χ4v) is 3.92. The molecule has 3 heterocycles. The van der Waals surface area contributed by atoms with Crippen LogP contribution >= 0.6 is 0 Å². The fourth-order valence-electron chi connectivity index (χ4n) is 3.92. The van der Waals surface area contributed by atoms with E-state index in [1.165, 1.54) is 61.6 Å². The zero-order chi connectivity index (χ0) is 28.6. The first-order valence-electron chi connectivity index (χ1n) is 12.2. The Morgan fingerprint density at radius 3 is 2.13 bits per heavy atom. The van der Waals surface area contributed by atoms with Crippen LogP contribution in [0.25, 0.3) is 22.0 Å². The maximum atomic E-state index is 14.3. The maximum Gasteiger partial charge on any atom is 0.423 e. The number of aromatic amines is 1. The normalized spacial score (nSPS) is 13.1. The number of nitrogens with zero attached hydrogens (tertiary/aromatic N) is 4. The number of pyridine rings is 1. The van der Waals surface area contributed by atoms with Crippen molar-refractivity contribution >= 4 is 22.3 Å². The van der Waals surface area contributed by atoms with Gasteiger partial charge in [-0.3, -0.25) is 14.6 Å². The first-order valence-corrected chi connectivity index (χ1v) is 12.2.